The molecule has 0 amide bonds. The first-order valence-corrected chi connectivity index (χ1v) is 20.6. The van der Waals surface area contributed by atoms with Gasteiger partial charge in [-0.2, -0.15) is 0 Å². The van der Waals surface area contributed by atoms with Gasteiger partial charge in [0.1, 0.15) is 0 Å². The average molecular weight is 748 g/mol. The Morgan fingerprint density at radius 2 is 0.695 bits per heavy atom. The molecule has 0 bridgehead atoms. The van der Waals surface area contributed by atoms with E-state index < -0.39 is 0 Å². The third-order valence-corrected chi connectivity index (χ3v) is 13.0. The number of anilines is 9. The summed E-state index contributed by atoms with van der Waals surface area (Å²) in [6.07, 6.45) is 0. The molecule has 0 atom stereocenters. The first-order chi connectivity index (χ1) is 29.3. The SMILES string of the molecule is c1ccc(-c2ccc(-c3ccccc3)c(N3c4ccccc4B4c5ccccc5N5c6ccccc6B6c7ccccc7N(c7ccccc7)c7cc3c4c5c76)c2)cc1. The molecule has 0 saturated carbocycles. The molecular formula is C54H35B2N3. The van der Waals surface area contributed by atoms with Crippen LogP contribution in [0.25, 0.3) is 22.3 Å². The van der Waals surface area contributed by atoms with Crippen LogP contribution in [-0.2, 0) is 0 Å². The molecule has 0 radical (unpaired) electrons. The summed E-state index contributed by atoms with van der Waals surface area (Å²) in [7, 11) is 0. The molecule has 0 aliphatic carbocycles. The summed E-state index contributed by atoms with van der Waals surface area (Å²) >= 11 is 0. The molecule has 9 aromatic carbocycles. The Balaban J connectivity index is 1.20. The van der Waals surface area contributed by atoms with E-state index in [1.54, 1.807) is 0 Å². The van der Waals surface area contributed by atoms with E-state index in [0.29, 0.717) is 0 Å². The van der Waals surface area contributed by atoms with Gasteiger partial charge in [-0.05, 0) is 98.0 Å². The lowest BCUT2D eigenvalue weighted by molar-refractivity contribution is 1.23. The van der Waals surface area contributed by atoms with Gasteiger partial charge in [-0.3, -0.25) is 0 Å². The molecule has 0 unspecified atom stereocenters. The maximum absolute atomic E-state index is 2.61. The molecule has 0 spiro atoms. The highest BCUT2D eigenvalue weighted by Gasteiger charge is 2.51. The molecule has 4 aliphatic heterocycles. The Hall–Kier alpha value is -7.49. The zero-order valence-electron chi connectivity index (χ0n) is 32.2. The van der Waals surface area contributed by atoms with Crippen LogP contribution >= 0.6 is 0 Å². The lowest BCUT2D eigenvalue weighted by Crippen LogP contribution is -2.68. The van der Waals surface area contributed by atoms with Crippen LogP contribution in [0.15, 0.2) is 212 Å². The van der Waals surface area contributed by atoms with Gasteiger partial charge in [0, 0.05) is 51.1 Å². The van der Waals surface area contributed by atoms with Gasteiger partial charge in [-0.25, -0.2) is 0 Å². The number of hydrogen-bond acceptors (Lipinski definition) is 3. The second-order valence-electron chi connectivity index (χ2n) is 16.0. The predicted octanol–water partition coefficient (Wildman–Crippen LogP) is 9.72. The van der Waals surface area contributed by atoms with Gasteiger partial charge in [0.15, 0.2) is 0 Å². The molecule has 0 N–H and O–H groups in total. The third-order valence-electron chi connectivity index (χ3n) is 13.0. The van der Waals surface area contributed by atoms with Crippen LogP contribution in [0.3, 0.4) is 0 Å². The molecule has 59 heavy (non-hydrogen) atoms. The zero-order chi connectivity index (χ0) is 38.6. The van der Waals surface area contributed by atoms with Crippen LogP contribution in [0.2, 0.25) is 0 Å². The molecule has 13 rings (SSSR count). The lowest BCUT2D eigenvalue weighted by atomic mass is 9.29. The zero-order valence-corrected chi connectivity index (χ0v) is 32.2. The normalized spacial score (nSPS) is 13.6. The molecule has 3 nitrogen and oxygen atoms in total. The molecule has 5 heteroatoms. The van der Waals surface area contributed by atoms with Crippen molar-refractivity contribution in [2.24, 2.45) is 0 Å². The highest BCUT2D eigenvalue weighted by Crippen LogP contribution is 2.51. The highest BCUT2D eigenvalue weighted by molar-refractivity contribution is 7.04. The number of para-hydroxylation sites is 5. The smallest absolute Gasteiger partial charge is 0.252 e. The Kier molecular flexibility index (Phi) is 6.90. The van der Waals surface area contributed by atoms with E-state index in [1.165, 1.54) is 94.8 Å². The maximum Gasteiger partial charge on any atom is 0.252 e. The topological polar surface area (TPSA) is 9.72 Å². The molecule has 272 valence electrons. The summed E-state index contributed by atoms with van der Waals surface area (Å²) < 4.78 is 0. The summed E-state index contributed by atoms with van der Waals surface area (Å²) in [5.74, 6) is 0. The molecule has 4 aliphatic rings. The number of fused-ring (bicyclic) bond motifs is 10. The fraction of sp³-hybridized carbons (Fsp3) is 0. The molecule has 0 aromatic heterocycles. The van der Waals surface area contributed by atoms with Crippen LogP contribution in [0.1, 0.15) is 0 Å². The average Bonchev–Trinajstić information content (AvgIpc) is 3.31. The molecule has 4 heterocycles. The Morgan fingerprint density at radius 3 is 1.24 bits per heavy atom. The van der Waals surface area contributed by atoms with Crippen molar-refractivity contribution in [2.45, 2.75) is 0 Å². The summed E-state index contributed by atoms with van der Waals surface area (Å²) in [4.78, 5) is 7.73. The Morgan fingerprint density at radius 1 is 0.271 bits per heavy atom. The number of nitrogens with zero attached hydrogens (tertiary/aromatic N) is 3. The van der Waals surface area contributed by atoms with E-state index in [-0.39, 0.29) is 13.4 Å². The number of hydrogen-bond donors (Lipinski definition) is 0. The van der Waals surface area contributed by atoms with Crippen molar-refractivity contribution in [3.05, 3.63) is 212 Å². The summed E-state index contributed by atoms with van der Waals surface area (Å²) in [5, 5.41) is 0. The minimum Gasteiger partial charge on any atom is -0.312 e. The monoisotopic (exact) mass is 747 g/mol. The van der Waals surface area contributed by atoms with Crippen LogP contribution < -0.4 is 47.5 Å². The van der Waals surface area contributed by atoms with Gasteiger partial charge in [0.05, 0.1) is 5.69 Å². The number of rotatable bonds is 4. The van der Waals surface area contributed by atoms with Gasteiger partial charge in [0.25, 0.3) is 13.4 Å². The van der Waals surface area contributed by atoms with Crippen molar-refractivity contribution in [3.63, 3.8) is 0 Å². The summed E-state index contributed by atoms with van der Waals surface area (Å²) in [6.45, 7) is 0.0997. The van der Waals surface area contributed by atoms with Crippen molar-refractivity contribution in [3.8, 4) is 22.3 Å². The van der Waals surface area contributed by atoms with E-state index >= 15 is 0 Å². The Labute approximate surface area is 345 Å². The fourth-order valence-electron chi connectivity index (χ4n) is 10.7. The van der Waals surface area contributed by atoms with E-state index in [1.807, 2.05) is 0 Å². The third kappa shape index (κ3) is 4.56. The highest BCUT2D eigenvalue weighted by atomic mass is 15.2. The van der Waals surface area contributed by atoms with Crippen LogP contribution in [0.4, 0.5) is 51.2 Å². The van der Waals surface area contributed by atoms with Crippen LogP contribution in [-0.4, -0.2) is 13.4 Å². The maximum atomic E-state index is 2.61. The standard InChI is InChI=1S/C54H35B2N3/c1-4-18-36(19-5-1)38-32-33-40(37-20-6-2-7-21-37)49(34-38)58-46-29-15-11-25-42(46)56-44-27-13-17-31-48(44)59-47-30-16-12-26-43(47)55-41-24-10-14-28-45(41)57(39-22-8-3-9-23-39)50-35-51(58)53(56)54(59)52(50)55/h1-35H. The predicted molar refractivity (Wildman–Crippen MR) is 251 cm³/mol. The van der Waals surface area contributed by atoms with E-state index in [2.05, 4.69) is 227 Å². The van der Waals surface area contributed by atoms with Gasteiger partial charge in [-0.1, -0.05) is 164 Å². The van der Waals surface area contributed by atoms with Crippen molar-refractivity contribution < 1.29 is 0 Å². The van der Waals surface area contributed by atoms with Crippen molar-refractivity contribution in [2.75, 3.05) is 14.7 Å². The molecule has 9 aromatic rings. The van der Waals surface area contributed by atoms with Gasteiger partial charge in [-0.15, -0.1) is 0 Å². The second kappa shape index (κ2) is 12.5. The van der Waals surface area contributed by atoms with Crippen LogP contribution in [0.5, 0.6) is 0 Å². The first-order valence-electron chi connectivity index (χ1n) is 20.6. The van der Waals surface area contributed by atoms with E-state index in [0.717, 1.165) is 11.4 Å². The van der Waals surface area contributed by atoms with E-state index in [9.17, 15) is 0 Å². The Bertz CT molecular complexity index is 3130. The van der Waals surface area contributed by atoms with Gasteiger partial charge >= 0.3 is 0 Å². The summed E-state index contributed by atoms with van der Waals surface area (Å²) in [6, 6.07) is 78.7. The first kappa shape index (κ1) is 32.6. The van der Waals surface area contributed by atoms with Gasteiger partial charge in [0.2, 0.25) is 0 Å². The van der Waals surface area contributed by atoms with Crippen molar-refractivity contribution in [1.82, 2.24) is 0 Å². The van der Waals surface area contributed by atoms with E-state index in [4.69, 9.17) is 0 Å². The quantitative estimate of drug-likeness (QED) is 0.166. The largest absolute Gasteiger partial charge is 0.312 e. The van der Waals surface area contributed by atoms with Gasteiger partial charge < -0.3 is 14.7 Å². The minimum atomic E-state index is 0.0379. The van der Waals surface area contributed by atoms with Crippen LogP contribution in [0, 0.1) is 0 Å². The van der Waals surface area contributed by atoms with Crippen molar-refractivity contribution >= 4 is 97.4 Å². The summed E-state index contributed by atoms with van der Waals surface area (Å²) in [5.41, 5.74) is 23.8. The minimum absolute atomic E-state index is 0.0379. The number of benzene rings is 9. The fourth-order valence-corrected chi connectivity index (χ4v) is 10.7. The lowest BCUT2D eigenvalue weighted by Gasteiger charge is -2.51. The second-order valence-corrected chi connectivity index (χ2v) is 16.0. The molecule has 0 saturated heterocycles. The molecular weight excluding hydrogens is 712 g/mol. The van der Waals surface area contributed by atoms with Crippen molar-refractivity contribution in [1.29, 1.82) is 0 Å². The molecule has 0 fully saturated rings.